The highest BCUT2D eigenvalue weighted by Gasteiger charge is 2.45. The Bertz CT molecular complexity index is 409. The fraction of sp³-hybridized carbons (Fsp3) is 0.500. The van der Waals surface area contributed by atoms with Gasteiger partial charge in [0, 0.05) is 37.2 Å². The Morgan fingerprint density at radius 1 is 1.38 bits per heavy atom. The van der Waals surface area contributed by atoms with Crippen molar-refractivity contribution >= 4 is 0 Å². The van der Waals surface area contributed by atoms with Gasteiger partial charge in [0.2, 0.25) is 5.88 Å². The molecule has 0 aromatic carbocycles. The molecule has 1 saturated heterocycles. The van der Waals surface area contributed by atoms with Crippen LogP contribution in [0.4, 0.5) is 0 Å². The van der Waals surface area contributed by atoms with Gasteiger partial charge in [0.15, 0.2) is 0 Å². The monoisotopic (exact) mass is 215 g/mol. The van der Waals surface area contributed by atoms with Crippen LogP contribution in [-0.4, -0.2) is 24.2 Å². The van der Waals surface area contributed by atoms with E-state index >= 15 is 0 Å². The first-order chi connectivity index (χ1) is 7.86. The second-order valence-electron chi connectivity index (χ2n) is 4.49. The first-order valence-corrected chi connectivity index (χ1v) is 5.60. The Morgan fingerprint density at radius 3 is 2.75 bits per heavy atom. The van der Waals surface area contributed by atoms with Crippen LogP contribution in [0.25, 0.3) is 0 Å². The molecule has 3 rings (SSSR count). The summed E-state index contributed by atoms with van der Waals surface area (Å²) in [5.74, 6) is 1.91. The van der Waals surface area contributed by atoms with Gasteiger partial charge in [0.1, 0.15) is 12.2 Å². The van der Waals surface area contributed by atoms with Crippen LogP contribution < -0.4 is 10.1 Å². The summed E-state index contributed by atoms with van der Waals surface area (Å²) in [6.07, 6.45) is 3.15. The van der Waals surface area contributed by atoms with Gasteiger partial charge in [-0.1, -0.05) is 0 Å². The van der Waals surface area contributed by atoms with E-state index in [9.17, 15) is 0 Å². The molecular weight excluding hydrogens is 202 g/mol. The summed E-state index contributed by atoms with van der Waals surface area (Å²) in [5.41, 5.74) is 0.572. The number of nitrogens with one attached hydrogen (secondary N) is 1. The number of nitrogens with zero attached hydrogens (tertiary/aromatic N) is 2. The summed E-state index contributed by atoms with van der Waals surface area (Å²) in [6.45, 7) is 2.11. The van der Waals surface area contributed by atoms with E-state index in [4.69, 9.17) is 10.00 Å². The molecule has 0 amide bonds. The first-order valence-electron chi connectivity index (χ1n) is 5.60. The Kier molecular flexibility index (Phi) is 2.26. The molecule has 2 fully saturated rings. The van der Waals surface area contributed by atoms with Gasteiger partial charge < -0.3 is 10.1 Å². The van der Waals surface area contributed by atoms with Gasteiger partial charge in [-0.15, -0.1) is 0 Å². The third-order valence-corrected chi connectivity index (χ3v) is 3.47. The van der Waals surface area contributed by atoms with E-state index in [0.717, 1.165) is 13.1 Å². The van der Waals surface area contributed by atoms with Crippen molar-refractivity contribution in [3.8, 4) is 11.9 Å². The predicted octanol–water partition coefficient (Wildman–Crippen LogP) is 0.940. The zero-order valence-corrected chi connectivity index (χ0v) is 8.89. The zero-order valence-electron chi connectivity index (χ0n) is 8.89. The fourth-order valence-electron chi connectivity index (χ4n) is 2.55. The van der Waals surface area contributed by atoms with Crippen LogP contribution >= 0.6 is 0 Å². The van der Waals surface area contributed by atoms with Crippen LogP contribution in [-0.2, 0) is 0 Å². The SMILES string of the molecule is N#Cc1ccc(OC2[C@@H]3CNC[C@H]2C3)nc1. The number of nitriles is 1. The predicted molar refractivity (Wildman–Crippen MR) is 57.8 cm³/mol. The molecule has 3 atom stereocenters. The largest absolute Gasteiger partial charge is 0.474 e. The number of rotatable bonds is 2. The van der Waals surface area contributed by atoms with Gasteiger partial charge in [-0.25, -0.2) is 4.98 Å². The molecule has 1 saturated carbocycles. The quantitative estimate of drug-likeness (QED) is 0.797. The van der Waals surface area contributed by atoms with E-state index in [1.54, 1.807) is 18.3 Å². The first kappa shape index (κ1) is 9.61. The summed E-state index contributed by atoms with van der Waals surface area (Å²) >= 11 is 0. The van der Waals surface area contributed by atoms with Gasteiger partial charge in [0.05, 0.1) is 5.56 Å². The lowest BCUT2D eigenvalue weighted by Crippen LogP contribution is -2.59. The van der Waals surface area contributed by atoms with Crippen molar-refractivity contribution in [3.63, 3.8) is 0 Å². The van der Waals surface area contributed by atoms with Crippen LogP contribution in [0, 0.1) is 23.2 Å². The molecule has 4 nitrogen and oxygen atoms in total. The molecule has 2 heterocycles. The van der Waals surface area contributed by atoms with Crippen molar-refractivity contribution in [1.82, 2.24) is 10.3 Å². The Balaban J connectivity index is 1.68. The molecule has 82 valence electrons. The highest BCUT2D eigenvalue weighted by Crippen LogP contribution is 2.39. The van der Waals surface area contributed by atoms with Crippen LogP contribution in [0.5, 0.6) is 5.88 Å². The van der Waals surface area contributed by atoms with Gasteiger partial charge in [-0.05, 0) is 12.5 Å². The van der Waals surface area contributed by atoms with Gasteiger partial charge in [-0.3, -0.25) is 0 Å². The normalized spacial score (nSPS) is 31.3. The fourth-order valence-corrected chi connectivity index (χ4v) is 2.55. The van der Waals surface area contributed by atoms with Crippen LogP contribution in [0.2, 0.25) is 0 Å². The number of ether oxygens (including phenoxy) is 1. The smallest absolute Gasteiger partial charge is 0.213 e. The summed E-state index contributed by atoms with van der Waals surface area (Å²) in [6, 6.07) is 5.57. The third-order valence-electron chi connectivity index (χ3n) is 3.47. The summed E-state index contributed by atoms with van der Waals surface area (Å²) < 4.78 is 5.86. The van der Waals surface area contributed by atoms with Crippen LogP contribution in [0.3, 0.4) is 0 Å². The number of fused-ring (bicyclic) bond motifs is 2. The van der Waals surface area contributed by atoms with Crippen molar-refractivity contribution in [2.45, 2.75) is 12.5 Å². The summed E-state index contributed by atoms with van der Waals surface area (Å²) in [7, 11) is 0. The minimum Gasteiger partial charge on any atom is -0.474 e. The molecule has 1 aliphatic carbocycles. The average Bonchev–Trinajstić information content (AvgIpc) is 2.37. The van der Waals surface area contributed by atoms with Gasteiger partial charge in [-0.2, -0.15) is 5.26 Å². The number of pyridine rings is 1. The van der Waals surface area contributed by atoms with Crippen molar-refractivity contribution < 1.29 is 4.74 Å². The van der Waals surface area contributed by atoms with E-state index < -0.39 is 0 Å². The van der Waals surface area contributed by atoms with Crippen molar-refractivity contribution in [1.29, 1.82) is 5.26 Å². The lowest BCUT2D eigenvalue weighted by molar-refractivity contribution is -0.0470. The van der Waals surface area contributed by atoms with E-state index in [1.807, 2.05) is 6.07 Å². The molecule has 2 bridgehead atoms. The summed E-state index contributed by atoms with van der Waals surface area (Å²) in [4.78, 5) is 4.13. The highest BCUT2D eigenvalue weighted by atomic mass is 16.5. The minimum absolute atomic E-state index is 0.321. The maximum absolute atomic E-state index is 8.66. The molecule has 1 aromatic heterocycles. The lowest BCUT2D eigenvalue weighted by atomic mass is 9.69. The standard InChI is InChI=1S/C12H13N3O/c13-4-8-1-2-11(15-5-8)16-12-9-3-10(12)7-14-6-9/h1-2,5,9-10,12,14H,3,6-7H2/t9-,10+,12?. The molecule has 1 unspecified atom stereocenters. The Morgan fingerprint density at radius 2 is 2.19 bits per heavy atom. The molecule has 2 aliphatic rings. The maximum atomic E-state index is 8.66. The van der Waals surface area contributed by atoms with Crippen LogP contribution in [0.15, 0.2) is 18.3 Å². The van der Waals surface area contributed by atoms with E-state index in [1.165, 1.54) is 6.42 Å². The van der Waals surface area contributed by atoms with Crippen LogP contribution in [0.1, 0.15) is 12.0 Å². The summed E-state index contributed by atoms with van der Waals surface area (Å²) in [5, 5.41) is 12.0. The van der Waals surface area contributed by atoms with Crippen molar-refractivity contribution in [2.24, 2.45) is 11.8 Å². The maximum Gasteiger partial charge on any atom is 0.213 e. The number of aromatic nitrogens is 1. The van der Waals surface area contributed by atoms with E-state index in [0.29, 0.717) is 29.4 Å². The molecule has 4 heteroatoms. The van der Waals surface area contributed by atoms with E-state index in [2.05, 4.69) is 10.3 Å². The van der Waals surface area contributed by atoms with E-state index in [-0.39, 0.29) is 0 Å². The van der Waals surface area contributed by atoms with Crippen molar-refractivity contribution in [3.05, 3.63) is 23.9 Å². The third kappa shape index (κ3) is 1.54. The molecule has 0 radical (unpaired) electrons. The average molecular weight is 215 g/mol. The molecule has 1 aliphatic heterocycles. The highest BCUT2D eigenvalue weighted by molar-refractivity contribution is 5.28. The van der Waals surface area contributed by atoms with Crippen molar-refractivity contribution in [2.75, 3.05) is 13.1 Å². The van der Waals surface area contributed by atoms with Gasteiger partial charge in [0.25, 0.3) is 0 Å². The molecular formula is C12H13N3O. The second-order valence-corrected chi connectivity index (χ2v) is 4.49. The molecule has 16 heavy (non-hydrogen) atoms. The zero-order chi connectivity index (χ0) is 11.0. The second kappa shape index (κ2) is 3.76. The molecule has 1 N–H and O–H groups in total. The topological polar surface area (TPSA) is 57.9 Å². The number of hydrogen-bond donors (Lipinski definition) is 1. The van der Waals surface area contributed by atoms with Gasteiger partial charge >= 0.3 is 0 Å². The Labute approximate surface area is 94.2 Å². The Hall–Kier alpha value is -1.60. The molecule has 1 aromatic rings. The minimum atomic E-state index is 0.321. The molecule has 0 spiro atoms. The lowest BCUT2D eigenvalue weighted by Gasteiger charge is -2.48. The number of piperidine rings is 2. The number of hydrogen-bond acceptors (Lipinski definition) is 4.